The summed E-state index contributed by atoms with van der Waals surface area (Å²) in [6, 6.07) is 0. The van der Waals surface area contributed by atoms with Gasteiger partial charge in [-0.1, -0.05) is 10.8 Å². The third kappa shape index (κ3) is 6.07. The topological polar surface area (TPSA) is 93.1 Å². The van der Waals surface area contributed by atoms with Crippen molar-refractivity contribution in [3.05, 3.63) is 0 Å². The number of ether oxygens (including phenoxy) is 1. The van der Waals surface area contributed by atoms with Gasteiger partial charge >= 0.3 is 25.6 Å². The van der Waals surface area contributed by atoms with Gasteiger partial charge < -0.3 is 14.2 Å². The molecule has 0 bridgehead atoms. The molecule has 13 heteroatoms. The molecule has 0 aromatic rings. The van der Waals surface area contributed by atoms with Crippen molar-refractivity contribution in [2.75, 3.05) is 20.3 Å². The van der Waals surface area contributed by atoms with Crippen LogP contribution >= 0.6 is 30.1 Å². The fourth-order valence-electron chi connectivity index (χ4n) is 1.14. The molecule has 2 unspecified atom stereocenters. The predicted octanol–water partition coefficient (Wildman–Crippen LogP) is 1.63. The van der Waals surface area contributed by atoms with Gasteiger partial charge in [-0.15, -0.1) is 11.7 Å². The van der Waals surface area contributed by atoms with Gasteiger partial charge in [-0.3, -0.25) is 19.1 Å². The van der Waals surface area contributed by atoms with Crippen LogP contribution in [0.4, 0.5) is 13.2 Å². The van der Waals surface area contributed by atoms with Crippen molar-refractivity contribution < 1.29 is 41.5 Å². The van der Waals surface area contributed by atoms with E-state index in [4.69, 9.17) is 0 Å². The van der Waals surface area contributed by atoms with E-state index in [1.54, 1.807) is 0 Å². The Balaban J connectivity index is 5.53. The molecular weight excluding hydrogens is 358 g/mol. The first kappa shape index (κ1) is 20.6. The van der Waals surface area contributed by atoms with E-state index in [2.05, 4.69) is 20.9 Å². The molecule has 1 N–H and O–H groups in total. The number of carbonyl (C=O) groups is 2. The van der Waals surface area contributed by atoms with Gasteiger partial charge in [0.15, 0.2) is 5.11 Å². The summed E-state index contributed by atoms with van der Waals surface area (Å²) in [6.45, 7) is 0.107. The molecule has 0 radical (unpaired) electrons. The average molecular weight is 371 g/mol. The number of carbonyl (C=O) groups excluding carboxylic acids is 2. The summed E-state index contributed by atoms with van der Waals surface area (Å²) in [4.78, 5) is 31.9. The number of alkyl halides is 3. The zero-order valence-corrected chi connectivity index (χ0v) is 13.5. The van der Waals surface area contributed by atoms with E-state index in [0.29, 0.717) is 0 Å². The molecule has 0 aliphatic rings. The second kappa shape index (κ2) is 8.28. The van der Waals surface area contributed by atoms with Crippen molar-refractivity contribution in [2.24, 2.45) is 0 Å². The first-order valence-electron chi connectivity index (χ1n) is 5.23. The summed E-state index contributed by atoms with van der Waals surface area (Å²) < 4.78 is 57.9. The minimum Gasteiger partial charge on any atom is -0.465 e. The summed E-state index contributed by atoms with van der Waals surface area (Å²) in [5.74, 6) is -3.65. The smallest absolute Gasteiger partial charge is 0.465 e. The molecule has 0 aliphatic heterocycles. The molecule has 124 valence electrons. The maximum Gasteiger partial charge on any atom is 0.471 e. The highest BCUT2D eigenvalue weighted by Crippen LogP contribution is 2.54. The van der Waals surface area contributed by atoms with Crippen molar-refractivity contribution in [1.82, 2.24) is 4.90 Å². The lowest BCUT2D eigenvalue weighted by Gasteiger charge is -2.31. The third-order valence-electron chi connectivity index (χ3n) is 2.01. The van der Waals surface area contributed by atoms with E-state index in [9.17, 15) is 32.2 Å². The highest BCUT2D eigenvalue weighted by atomic mass is 33.1. The van der Waals surface area contributed by atoms with Crippen molar-refractivity contribution in [3.63, 3.8) is 0 Å². The number of nitrogens with zero attached hydrogens (tertiary/aromatic N) is 1. The van der Waals surface area contributed by atoms with Crippen LogP contribution in [0.5, 0.6) is 0 Å². The average Bonchev–Trinajstić information content (AvgIpc) is 2.36. The van der Waals surface area contributed by atoms with Crippen molar-refractivity contribution >= 4 is 41.9 Å². The number of esters is 1. The second-order valence-corrected chi connectivity index (χ2v) is 7.04. The largest absolute Gasteiger partial charge is 0.471 e. The Morgan fingerprint density at radius 2 is 2.00 bits per heavy atom. The Labute approximate surface area is 127 Å². The lowest BCUT2D eigenvalue weighted by Crippen LogP contribution is -2.48. The number of halogens is 3. The predicted molar refractivity (Wildman–Crippen MR) is 71.6 cm³/mol. The number of rotatable bonds is 7. The van der Waals surface area contributed by atoms with Crippen LogP contribution in [0.3, 0.4) is 0 Å². The lowest BCUT2D eigenvalue weighted by molar-refractivity contribution is -0.186. The van der Waals surface area contributed by atoms with Crippen molar-refractivity contribution in [2.45, 2.75) is 18.2 Å². The molecule has 0 saturated heterocycles. The summed E-state index contributed by atoms with van der Waals surface area (Å²) in [7, 11) is -3.71. The Kier molecular flexibility index (Phi) is 8.11. The number of amides is 1. The maximum absolute atomic E-state index is 12.5. The van der Waals surface area contributed by atoms with Crippen LogP contribution in [-0.2, 0) is 23.4 Å². The summed E-state index contributed by atoms with van der Waals surface area (Å²) in [6.07, 6.45) is -5.35. The van der Waals surface area contributed by atoms with Crippen LogP contribution in [0, 0.1) is 0 Å². The third-order valence-corrected chi connectivity index (χ3v) is 6.03. The van der Waals surface area contributed by atoms with E-state index < -0.39 is 37.3 Å². The summed E-state index contributed by atoms with van der Waals surface area (Å²) in [5, 5.41) is -2.02. The molecule has 0 spiro atoms. The molecule has 0 saturated carbocycles. The van der Waals surface area contributed by atoms with Gasteiger partial charge in [0.25, 0.3) is 0 Å². The molecule has 0 aliphatic carbocycles. The van der Waals surface area contributed by atoms with Gasteiger partial charge in [0.2, 0.25) is 0 Å². The van der Waals surface area contributed by atoms with Gasteiger partial charge in [-0.05, 0) is 6.92 Å². The Bertz CT molecular complexity index is 435. The Hall–Kier alpha value is -0.420. The van der Waals surface area contributed by atoms with Crippen molar-refractivity contribution in [1.29, 1.82) is 0 Å². The molecule has 0 fully saturated rings. The van der Waals surface area contributed by atoms with Crippen LogP contribution in [0.1, 0.15) is 6.92 Å². The molecular formula is C8H13F3NO6PS2. The van der Waals surface area contributed by atoms with E-state index in [1.807, 2.05) is 0 Å². The van der Waals surface area contributed by atoms with Gasteiger partial charge in [0.1, 0.15) is 6.54 Å². The highest BCUT2D eigenvalue weighted by molar-refractivity contribution is 8.69. The van der Waals surface area contributed by atoms with Crippen LogP contribution in [0.15, 0.2) is 0 Å². The first-order chi connectivity index (χ1) is 9.51. The molecule has 0 rings (SSSR count). The van der Waals surface area contributed by atoms with Gasteiger partial charge in [0, 0.05) is 7.11 Å². The van der Waals surface area contributed by atoms with Crippen molar-refractivity contribution in [3.8, 4) is 0 Å². The molecule has 0 heterocycles. The first-order valence-corrected chi connectivity index (χ1v) is 8.81. The zero-order valence-electron chi connectivity index (χ0n) is 10.9. The fraction of sp³-hybridized carbons (Fsp3) is 0.750. The molecule has 2 atom stereocenters. The van der Waals surface area contributed by atoms with Crippen LogP contribution in [0.2, 0.25) is 0 Å². The molecule has 21 heavy (non-hydrogen) atoms. The Morgan fingerprint density at radius 1 is 1.48 bits per heavy atom. The molecule has 7 nitrogen and oxygen atoms in total. The molecule has 1 amide bonds. The number of thiol groups is 1. The quantitative estimate of drug-likeness (QED) is 0.231. The number of hydrogen-bond acceptors (Lipinski definition) is 7. The minimum atomic E-state index is -5.35. The van der Waals surface area contributed by atoms with Crippen LogP contribution < -0.4 is 0 Å². The van der Waals surface area contributed by atoms with Crippen LogP contribution in [0.25, 0.3) is 0 Å². The summed E-state index contributed by atoms with van der Waals surface area (Å²) in [5.41, 5.74) is 0. The molecule has 0 aromatic heterocycles. The molecule has 0 aromatic carbocycles. The number of hydrogen-bond donors (Lipinski definition) is 2. The summed E-state index contributed by atoms with van der Waals surface area (Å²) >= 11 is 3.56. The van der Waals surface area contributed by atoms with Gasteiger partial charge in [-0.2, -0.15) is 13.2 Å². The lowest BCUT2D eigenvalue weighted by atomic mass is 10.5. The van der Waals surface area contributed by atoms with E-state index >= 15 is 0 Å². The standard InChI is InChI=1S/C8H13F3NO6PS2/c1-3-18-5(13)4-12(6(14)8(9,10)11)7(21-20)19(15,16)17-2/h7,20H,3-4H2,1-2H3,(H,15,16). The van der Waals surface area contributed by atoms with Gasteiger partial charge in [0.05, 0.1) is 6.61 Å². The minimum absolute atomic E-state index is 0.132. The maximum atomic E-state index is 12.5. The van der Waals surface area contributed by atoms with E-state index in [0.717, 1.165) is 7.11 Å². The second-order valence-electron chi connectivity index (χ2n) is 3.41. The van der Waals surface area contributed by atoms with Crippen LogP contribution in [-0.4, -0.2) is 53.2 Å². The normalized spacial score (nSPS) is 16.0. The highest BCUT2D eigenvalue weighted by Gasteiger charge is 2.50. The van der Waals surface area contributed by atoms with E-state index in [-0.39, 0.29) is 22.3 Å². The SMILES string of the molecule is CCOC(=O)CN(C(=O)C(F)(F)F)C(SS)P(=O)(O)OC. The monoisotopic (exact) mass is 371 g/mol. The van der Waals surface area contributed by atoms with E-state index in [1.165, 1.54) is 6.92 Å². The zero-order chi connectivity index (χ0) is 16.8. The van der Waals surface area contributed by atoms with Gasteiger partial charge in [-0.25, -0.2) is 0 Å². The Morgan fingerprint density at radius 3 is 2.33 bits per heavy atom. The fourth-order valence-corrected chi connectivity index (χ4v) is 4.29.